The fraction of sp³-hybridized carbons (Fsp3) is 0.661. The molecule has 0 saturated carbocycles. The molecule has 0 aliphatic carbocycles. The molecule has 1 unspecified atom stereocenters. The maximum Gasteiger partial charge on any atom is 0.310 e. The van der Waals surface area contributed by atoms with Crippen molar-refractivity contribution in [3.63, 3.8) is 0 Å². The van der Waals surface area contributed by atoms with Crippen molar-refractivity contribution in [2.75, 3.05) is 19.8 Å². The van der Waals surface area contributed by atoms with E-state index in [1.807, 2.05) is 12.2 Å². The molecule has 0 aliphatic rings. The summed E-state index contributed by atoms with van der Waals surface area (Å²) in [6.45, 7) is 7.53. The van der Waals surface area contributed by atoms with E-state index in [9.17, 15) is 9.59 Å². The van der Waals surface area contributed by atoms with Crippen molar-refractivity contribution in [2.45, 2.75) is 232 Å². The molecule has 5 nitrogen and oxygen atoms in total. The minimum Gasteiger partial charge on any atom is -0.462 e. The highest BCUT2D eigenvalue weighted by Gasteiger charge is 2.17. The molecule has 0 radical (unpaired) electrons. The molecule has 5 heteroatoms. The van der Waals surface area contributed by atoms with Crippen LogP contribution in [-0.2, 0) is 23.8 Å². The summed E-state index contributed by atoms with van der Waals surface area (Å²) >= 11 is 0. The molecule has 0 aromatic carbocycles. The van der Waals surface area contributed by atoms with E-state index in [-0.39, 0.29) is 31.6 Å². The second-order valence-electron chi connectivity index (χ2n) is 17.1. The van der Waals surface area contributed by atoms with Crippen molar-refractivity contribution in [1.29, 1.82) is 0 Å². The van der Waals surface area contributed by atoms with Crippen LogP contribution in [0.15, 0.2) is 109 Å². The Bertz CT molecular complexity index is 1280. The highest BCUT2D eigenvalue weighted by Crippen LogP contribution is 2.12. The van der Waals surface area contributed by atoms with Gasteiger partial charge in [-0.3, -0.25) is 9.59 Å². The third-order valence-electron chi connectivity index (χ3n) is 10.8. The first kappa shape index (κ1) is 60.6. The highest BCUT2D eigenvalue weighted by molar-refractivity contribution is 5.71. The number of hydrogen-bond acceptors (Lipinski definition) is 5. The van der Waals surface area contributed by atoms with Crippen LogP contribution in [0.25, 0.3) is 0 Å². The lowest BCUT2D eigenvalue weighted by molar-refractivity contribution is -0.162. The van der Waals surface area contributed by atoms with Gasteiger partial charge in [0.1, 0.15) is 6.61 Å². The topological polar surface area (TPSA) is 61.8 Å². The number of carbonyl (C=O) groups is 2. The predicted octanol–water partition coefficient (Wildman–Crippen LogP) is 18.0. The van der Waals surface area contributed by atoms with Gasteiger partial charge >= 0.3 is 11.9 Å². The van der Waals surface area contributed by atoms with Crippen molar-refractivity contribution in [1.82, 2.24) is 0 Å². The minimum atomic E-state index is -0.605. The van der Waals surface area contributed by atoms with Crippen LogP contribution in [-0.4, -0.2) is 37.9 Å². The second-order valence-corrected chi connectivity index (χ2v) is 17.1. The number of ether oxygens (including phenoxy) is 3. The zero-order valence-electron chi connectivity index (χ0n) is 41.8. The molecule has 0 bridgehead atoms. The van der Waals surface area contributed by atoms with Crippen LogP contribution in [0.3, 0.4) is 0 Å². The van der Waals surface area contributed by atoms with Gasteiger partial charge in [0.15, 0.2) is 6.10 Å². The van der Waals surface area contributed by atoms with Crippen molar-refractivity contribution in [2.24, 2.45) is 0 Å². The Hall–Kier alpha value is -3.44. The maximum atomic E-state index is 12.7. The lowest BCUT2D eigenvalue weighted by atomic mass is 10.1. The predicted molar refractivity (Wildman–Crippen MR) is 279 cm³/mol. The van der Waals surface area contributed by atoms with Crippen LogP contribution in [0.5, 0.6) is 0 Å². The molecule has 0 aliphatic heterocycles. The summed E-state index contributed by atoms with van der Waals surface area (Å²) in [5, 5.41) is 0. The van der Waals surface area contributed by atoms with E-state index in [0.29, 0.717) is 13.0 Å². The fourth-order valence-corrected chi connectivity index (χ4v) is 6.88. The van der Waals surface area contributed by atoms with Crippen LogP contribution in [0, 0.1) is 0 Å². The molecular formula is C59H98O5. The summed E-state index contributed by atoms with van der Waals surface area (Å²) in [5.74, 6) is -0.565. The second kappa shape index (κ2) is 53.9. The summed E-state index contributed by atoms with van der Waals surface area (Å²) < 4.78 is 17.3. The molecule has 1 atom stereocenters. The fourth-order valence-electron chi connectivity index (χ4n) is 6.88. The molecule has 0 aromatic heterocycles. The van der Waals surface area contributed by atoms with Crippen LogP contribution in [0.4, 0.5) is 0 Å². The Morgan fingerprint density at radius 1 is 0.375 bits per heavy atom. The van der Waals surface area contributed by atoms with E-state index in [1.165, 1.54) is 109 Å². The van der Waals surface area contributed by atoms with E-state index >= 15 is 0 Å². The van der Waals surface area contributed by atoms with E-state index in [2.05, 4.69) is 118 Å². The lowest BCUT2D eigenvalue weighted by Crippen LogP contribution is -2.29. The van der Waals surface area contributed by atoms with Gasteiger partial charge in [0.05, 0.1) is 13.0 Å². The molecule has 0 aromatic rings. The standard InChI is InChI=1S/C59H98O5/c1-4-7-10-13-16-19-22-25-28-29-30-31-33-34-37-40-43-46-49-52-58(60)63-56-57(55-62-54-51-48-45-42-39-36-27-24-21-18-15-12-9-6-3)64-59(61)53-50-47-44-41-38-35-32-26-23-20-17-14-11-8-5-2/h8,11,16-17,19-21,24-26,28,30-32,38,41,47,50,57H,4-7,9-10,12-15,18,22-23,27,29,33-37,39-40,42-46,48-49,51-56H2,1-3H3/b11-8-,19-16-,20-17-,24-21-,28-25-,31-30-,32-26-,41-38-,50-47-. The Morgan fingerprint density at radius 2 is 0.750 bits per heavy atom. The summed E-state index contributed by atoms with van der Waals surface area (Å²) in [7, 11) is 0. The van der Waals surface area contributed by atoms with Crippen molar-refractivity contribution in [3.05, 3.63) is 109 Å². The Morgan fingerprint density at radius 3 is 1.25 bits per heavy atom. The Balaban J connectivity index is 4.42. The monoisotopic (exact) mass is 887 g/mol. The zero-order valence-corrected chi connectivity index (χ0v) is 41.8. The normalized spacial score (nSPS) is 13.1. The van der Waals surface area contributed by atoms with Crippen LogP contribution in [0.1, 0.15) is 226 Å². The maximum absolute atomic E-state index is 12.7. The largest absolute Gasteiger partial charge is 0.462 e. The molecule has 0 heterocycles. The number of hydrogen-bond donors (Lipinski definition) is 0. The molecule has 364 valence electrons. The van der Waals surface area contributed by atoms with Crippen molar-refractivity contribution < 1.29 is 23.8 Å². The average molecular weight is 887 g/mol. The molecular weight excluding hydrogens is 789 g/mol. The average Bonchev–Trinajstić information content (AvgIpc) is 3.30. The SMILES string of the molecule is CC/C=C\C/C=C\C/C=C\C/C=C\C/C=C\CC(=O)OC(COCCCCCCCC/C=C\CCCCCC)COC(=O)CCCCCCCC/C=C\C/C=C\C/C=C\CCCCC. The van der Waals surface area contributed by atoms with Gasteiger partial charge in [-0.1, -0.05) is 214 Å². The van der Waals surface area contributed by atoms with Crippen molar-refractivity contribution >= 4 is 11.9 Å². The zero-order chi connectivity index (χ0) is 46.3. The molecule has 0 fully saturated rings. The molecule has 0 spiro atoms. The number of unbranched alkanes of at least 4 members (excludes halogenated alkanes) is 19. The van der Waals surface area contributed by atoms with Gasteiger partial charge in [-0.05, 0) is 109 Å². The van der Waals surface area contributed by atoms with Gasteiger partial charge in [0, 0.05) is 13.0 Å². The molecule has 0 N–H and O–H groups in total. The lowest BCUT2D eigenvalue weighted by Gasteiger charge is -2.18. The van der Waals surface area contributed by atoms with E-state index < -0.39 is 6.10 Å². The van der Waals surface area contributed by atoms with Crippen LogP contribution >= 0.6 is 0 Å². The number of carbonyl (C=O) groups excluding carboxylic acids is 2. The van der Waals surface area contributed by atoms with Gasteiger partial charge in [-0.25, -0.2) is 0 Å². The molecule has 0 amide bonds. The smallest absolute Gasteiger partial charge is 0.310 e. The van der Waals surface area contributed by atoms with E-state index in [4.69, 9.17) is 14.2 Å². The van der Waals surface area contributed by atoms with Gasteiger partial charge in [0.2, 0.25) is 0 Å². The third kappa shape index (κ3) is 51.2. The minimum absolute atomic E-state index is 0.0307. The first-order chi connectivity index (χ1) is 31.6. The van der Waals surface area contributed by atoms with Crippen LogP contribution in [0.2, 0.25) is 0 Å². The van der Waals surface area contributed by atoms with Gasteiger partial charge in [0.25, 0.3) is 0 Å². The molecule has 0 saturated heterocycles. The number of allylic oxidation sites excluding steroid dienone is 17. The van der Waals surface area contributed by atoms with Gasteiger partial charge < -0.3 is 14.2 Å². The van der Waals surface area contributed by atoms with E-state index in [1.54, 1.807) is 0 Å². The summed E-state index contributed by atoms with van der Waals surface area (Å²) in [6.07, 6.45) is 74.0. The first-order valence-electron chi connectivity index (χ1n) is 26.4. The quantitative estimate of drug-likeness (QED) is 0.0346. The number of esters is 2. The highest BCUT2D eigenvalue weighted by atomic mass is 16.6. The molecule has 0 rings (SSSR count). The van der Waals surface area contributed by atoms with Crippen molar-refractivity contribution in [3.8, 4) is 0 Å². The first-order valence-corrected chi connectivity index (χ1v) is 26.4. The Labute approximate surface area is 395 Å². The number of rotatable bonds is 47. The summed E-state index contributed by atoms with van der Waals surface area (Å²) in [5.41, 5.74) is 0. The summed E-state index contributed by atoms with van der Waals surface area (Å²) in [4.78, 5) is 25.4. The summed E-state index contributed by atoms with van der Waals surface area (Å²) in [6, 6.07) is 0. The van der Waals surface area contributed by atoms with Gasteiger partial charge in [-0.2, -0.15) is 0 Å². The van der Waals surface area contributed by atoms with Gasteiger partial charge in [-0.15, -0.1) is 0 Å². The van der Waals surface area contributed by atoms with E-state index in [0.717, 1.165) is 83.5 Å². The molecule has 64 heavy (non-hydrogen) atoms. The Kier molecular flexibility index (Phi) is 51.0. The third-order valence-corrected chi connectivity index (χ3v) is 10.8. The van der Waals surface area contributed by atoms with Crippen LogP contribution < -0.4 is 0 Å².